The smallest absolute Gasteiger partial charge is 0.262 e. The molecule has 0 spiro atoms. The predicted octanol–water partition coefficient (Wildman–Crippen LogP) is 1.92. The molecule has 1 N–H and O–H groups in total. The molecule has 154 valence electrons. The Labute approximate surface area is 171 Å². The molecule has 1 atom stereocenters. The van der Waals surface area contributed by atoms with Crippen LogP contribution in [0.5, 0.6) is 11.5 Å². The van der Waals surface area contributed by atoms with E-state index < -0.39 is 0 Å². The van der Waals surface area contributed by atoms with Crippen LogP contribution in [0.15, 0.2) is 36.4 Å². The lowest BCUT2D eigenvalue weighted by molar-refractivity contribution is -0.118. The maximum absolute atomic E-state index is 13.7. The predicted molar refractivity (Wildman–Crippen MR) is 105 cm³/mol. The first-order chi connectivity index (χ1) is 14.5. The monoisotopic (exact) mass is 410 g/mol. The minimum atomic E-state index is -0.352. The van der Waals surface area contributed by atoms with E-state index in [1.165, 1.54) is 16.9 Å². The fourth-order valence-electron chi connectivity index (χ4n) is 3.69. The molecule has 0 bridgehead atoms. The van der Waals surface area contributed by atoms with E-state index in [1.807, 2.05) is 18.2 Å². The van der Waals surface area contributed by atoms with Crippen molar-refractivity contribution in [2.24, 2.45) is 0 Å². The Morgan fingerprint density at radius 2 is 2.10 bits per heavy atom. The topological polar surface area (TPSA) is 94.4 Å². The molecule has 0 saturated carbocycles. The summed E-state index contributed by atoms with van der Waals surface area (Å²) in [5.41, 5.74) is 2.38. The normalized spacial score (nSPS) is 17.5. The van der Waals surface area contributed by atoms with Gasteiger partial charge in [-0.05, 0) is 42.0 Å². The molecule has 5 rings (SSSR count). The summed E-state index contributed by atoms with van der Waals surface area (Å²) >= 11 is 0. The Morgan fingerprint density at radius 3 is 2.93 bits per heavy atom. The number of hydrogen-bond acceptors (Lipinski definition) is 7. The van der Waals surface area contributed by atoms with Crippen molar-refractivity contribution in [3.63, 3.8) is 0 Å². The summed E-state index contributed by atoms with van der Waals surface area (Å²) < 4.78 is 25.0. The van der Waals surface area contributed by atoms with Gasteiger partial charge in [-0.15, -0.1) is 10.2 Å². The van der Waals surface area contributed by atoms with Crippen molar-refractivity contribution in [1.82, 2.24) is 20.2 Å². The first-order valence-corrected chi connectivity index (χ1v) is 9.54. The molecule has 2 aliphatic rings. The van der Waals surface area contributed by atoms with Crippen LogP contribution in [-0.2, 0) is 17.9 Å². The van der Waals surface area contributed by atoms with Gasteiger partial charge < -0.3 is 19.7 Å². The van der Waals surface area contributed by atoms with Crippen molar-refractivity contribution < 1.29 is 18.7 Å². The number of hydrogen-bond donors (Lipinski definition) is 1. The molecule has 10 heteroatoms. The highest BCUT2D eigenvalue weighted by molar-refractivity contribution is 5.95. The highest BCUT2D eigenvalue weighted by Crippen LogP contribution is 2.37. The van der Waals surface area contributed by atoms with E-state index in [2.05, 4.69) is 25.6 Å². The summed E-state index contributed by atoms with van der Waals surface area (Å²) in [6.07, 6.45) is 0. The first-order valence-electron chi connectivity index (χ1n) is 9.54. The first kappa shape index (κ1) is 18.3. The Hall–Kier alpha value is -3.69. The zero-order valence-corrected chi connectivity index (χ0v) is 16.2. The molecule has 3 aromatic rings. The SMILES string of the molecule is Cc1nnn(CC2COc3cc(F)ccc3N2Cc2ccc3c(c2)NC(=O)CO3)n1. The lowest BCUT2D eigenvalue weighted by Gasteiger charge is -2.38. The number of nitrogens with one attached hydrogen (secondary N) is 1. The summed E-state index contributed by atoms with van der Waals surface area (Å²) in [7, 11) is 0. The van der Waals surface area contributed by atoms with Gasteiger partial charge in [0.15, 0.2) is 12.4 Å². The number of amides is 1. The third-order valence-electron chi connectivity index (χ3n) is 5.06. The quantitative estimate of drug-likeness (QED) is 0.702. The molecular weight excluding hydrogens is 391 g/mol. The van der Waals surface area contributed by atoms with Crippen LogP contribution in [-0.4, -0.2) is 45.4 Å². The van der Waals surface area contributed by atoms with Crippen LogP contribution in [0.25, 0.3) is 0 Å². The lowest BCUT2D eigenvalue weighted by Crippen LogP contribution is -2.45. The zero-order valence-electron chi connectivity index (χ0n) is 16.2. The molecule has 0 aliphatic carbocycles. The molecule has 1 unspecified atom stereocenters. The average Bonchev–Trinajstić information content (AvgIpc) is 3.14. The summed E-state index contributed by atoms with van der Waals surface area (Å²) in [4.78, 5) is 15.3. The fourth-order valence-corrected chi connectivity index (χ4v) is 3.69. The van der Waals surface area contributed by atoms with Crippen molar-refractivity contribution in [1.29, 1.82) is 0 Å². The van der Waals surface area contributed by atoms with Crippen molar-refractivity contribution >= 4 is 17.3 Å². The van der Waals surface area contributed by atoms with Gasteiger partial charge in [0.05, 0.1) is 24.0 Å². The van der Waals surface area contributed by atoms with Gasteiger partial charge in [0.1, 0.15) is 23.9 Å². The lowest BCUT2D eigenvalue weighted by atomic mass is 10.1. The van der Waals surface area contributed by atoms with Crippen LogP contribution < -0.4 is 19.7 Å². The molecule has 0 radical (unpaired) electrons. The van der Waals surface area contributed by atoms with Crippen LogP contribution >= 0.6 is 0 Å². The number of fused-ring (bicyclic) bond motifs is 2. The van der Waals surface area contributed by atoms with E-state index in [0.717, 1.165) is 11.3 Å². The molecule has 1 aromatic heterocycles. The number of rotatable bonds is 4. The van der Waals surface area contributed by atoms with Crippen molar-refractivity contribution in [3.05, 3.63) is 53.6 Å². The van der Waals surface area contributed by atoms with E-state index in [4.69, 9.17) is 9.47 Å². The molecule has 3 heterocycles. The third kappa shape index (κ3) is 3.51. The Balaban J connectivity index is 1.47. The highest BCUT2D eigenvalue weighted by Gasteiger charge is 2.29. The number of benzene rings is 2. The number of aromatic nitrogens is 4. The second-order valence-electron chi connectivity index (χ2n) is 7.26. The number of halogens is 1. The van der Waals surface area contributed by atoms with Gasteiger partial charge in [0, 0.05) is 12.6 Å². The van der Waals surface area contributed by atoms with Crippen LogP contribution in [0.3, 0.4) is 0 Å². The maximum atomic E-state index is 13.7. The van der Waals surface area contributed by atoms with Crippen molar-refractivity contribution in [3.8, 4) is 11.5 Å². The standard InChI is InChI=1S/C20H19FN6O3/c1-12-23-25-27(24-12)9-15-10-29-19-7-14(21)3-4-17(19)26(15)8-13-2-5-18-16(6-13)22-20(28)11-30-18/h2-7,15H,8-11H2,1H3,(H,22,28). The number of anilines is 2. The van der Waals surface area contributed by atoms with E-state index >= 15 is 0 Å². The third-order valence-corrected chi connectivity index (χ3v) is 5.06. The van der Waals surface area contributed by atoms with Gasteiger partial charge in [-0.1, -0.05) is 6.07 Å². The molecule has 2 aliphatic heterocycles. The van der Waals surface area contributed by atoms with Crippen molar-refractivity contribution in [2.45, 2.75) is 26.1 Å². The van der Waals surface area contributed by atoms with Crippen LogP contribution in [0.2, 0.25) is 0 Å². The van der Waals surface area contributed by atoms with E-state index in [-0.39, 0.29) is 24.4 Å². The number of tetrazole rings is 1. The average molecular weight is 410 g/mol. The number of nitrogens with zero attached hydrogens (tertiary/aromatic N) is 5. The van der Waals surface area contributed by atoms with Crippen molar-refractivity contribution in [2.75, 3.05) is 23.4 Å². The van der Waals surface area contributed by atoms with E-state index in [1.54, 1.807) is 13.0 Å². The second-order valence-corrected chi connectivity index (χ2v) is 7.26. The molecule has 1 amide bonds. The molecular formula is C20H19FN6O3. The summed E-state index contributed by atoms with van der Waals surface area (Å²) in [5.74, 6) is 1.18. The highest BCUT2D eigenvalue weighted by atomic mass is 19.1. The van der Waals surface area contributed by atoms with Gasteiger partial charge in [-0.2, -0.15) is 4.80 Å². The van der Waals surface area contributed by atoms with E-state index in [0.29, 0.717) is 42.7 Å². The van der Waals surface area contributed by atoms with Gasteiger partial charge in [0.2, 0.25) is 0 Å². The molecule has 30 heavy (non-hydrogen) atoms. The van der Waals surface area contributed by atoms with E-state index in [9.17, 15) is 9.18 Å². The number of aryl methyl sites for hydroxylation is 1. The minimum Gasteiger partial charge on any atom is -0.489 e. The summed E-state index contributed by atoms with van der Waals surface area (Å²) in [6.45, 7) is 3.12. The van der Waals surface area contributed by atoms with Gasteiger partial charge in [-0.3, -0.25) is 4.79 Å². The molecule has 2 aromatic carbocycles. The number of carbonyl (C=O) groups is 1. The van der Waals surface area contributed by atoms with Crippen LogP contribution in [0, 0.1) is 12.7 Å². The summed E-state index contributed by atoms with van der Waals surface area (Å²) in [5, 5.41) is 15.1. The Kier molecular flexibility index (Phi) is 4.46. The Bertz CT molecular complexity index is 1120. The van der Waals surface area contributed by atoms with Gasteiger partial charge >= 0.3 is 0 Å². The molecule has 0 saturated heterocycles. The van der Waals surface area contributed by atoms with Crippen LogP contribution in [0.1, 0.15) is 11.4 Å². The largest absolute Gasteiger partial charge is 0.489 e. The molecule has 9 nitrogen and oxygen atoms in total. The number of ether oxygens (including phenoxy) is 2. The van der Waals surface area contributed by atoms with Gasteiger partial charge in [-0.25, -0.2) is 4.39 Å². The van der Waals surface area contributed by atoms with Gasteiger partial charge in [0.25, 0.3) is 5.91 Å². The zero-order chi connectivity index (χ0) is 20.7. The number of carbonyl (C=O) groups excluding carboxylic acids is 1. The minimum absolute atomic E-state index is 0.0150. The molecule has 0 fully saturated rings. The second kappa shape index (κ2) is 7.29. The fraction of sp³-hybridized carbons (Fsp3) is 0.300. The summed E-state index contributed by atoms with van der Waals surface area (Å²) in [6, 6.07) is 10.1. The maximum Gasteiger partial charge on any atom is 0.262 e. The Morgan fingerprint density at radius 1 is 1.20 bits per heavy atom. The van der Waals surface area contributed by atoms with Crippen LogP contribution in [0.4, 0.5) is 15.8 Å².